The van der Waals surface area contributed by atoms with Crippen molar-refractivity contribution in [2.75, 3.05) is 0 Å². The zero-order valence-electron chi connectivity index (χ0n) is 12.5. The van der Waals surface area contributed by atoms with Gasteiger partial charge >= 0.3 is 5.97 Å². The topological polar surface area (TPSA) is 84.2 Å². The number of nitriles is 1. The summed E-state index contributed by atoms with van der Waals surface area (Å²) in [4.78, 5) is 36.0. The first-order chi connectivity index (χ1) is 9.65. The molecular weight excluding hydrogens is 270 g/mol. The highest BCUT2D eigenvalue weighted by molar-refractivity contribution is 6.22. The van der Waals surface area contributed by atoms with Gasteiger partial charge in [0.05, 0.1) is 11.6 Å². The molecule has 21 heavy (non-hydrogen) atoms. The number of hydrogen-bond acceptors (Lipinski definition) is 5. The molecule has 1 unspecified atom stereocenters. The molecule has 5 nitrogen and oxygen atoms in total. The molecule has 0 amide bonds. The lowest BCUT2D eigenvalue weighted by atomic mass is 9.93. The Morgan fingerprint density at radius 2 is 1.67 bits per heavy atom. The molecule has 0 bridgehead atoms. The Labute approximate surface area is 123 Å². The van der Waals surface area contributed by atoms with Gasteiger partial charge < -0.3 is 4.74 Å². The second-order valence-corrected chi connectivity index (χ2v) is 5.63. The number of ketones is 2. The van der Waals surface area contributed by atoms with Crippen LogP contribution in [0.15, 0.2) is 24.3 Å². The fourth-order valence-electron chi connectivity index (χ4n) is 1.69. The van der Waals surface area contributed by atoms with Crippen molar-refractivity contribution in [1.29, 1.82) is 5.26 Å². The molecule has 0 saturated carbocycles. The van der Waals surface area contributed by atoms with Gasteiger partial charge in [-0.2, -0.15) is 5.26 Å². The predicted molar refractivity (Wildman–Crippen MR) is 75.5 cm³/mol. The van der Waals surface area contributed by atoms with Gasteiger partial charge in [-0.05, 0) is 39.8 Å². The molecule has 0 aliphatic heterocycles. The summed E-state index contributed by atoms with van der Waals surface area (Å²) in [5.41, 5.74) is -0.196. The summed E-state index contributed by atoms with van der Waals surface area (Å²) in [7, 11) is 0. The molecule has 110 valence electrons. The maximum Gasteiger partial charge on any atom is 0.325 e. The molecule has 0 N–H and O–H groups in total. The van der Waals surface area contributed by atoms with E-state index < -0.39 is 29.1 Å². The van der Waals surface area contributed by atoms with Crippen molar-refractivity contribution < 1.29 is 19.1 Å². The number of carbonyl (C=O) groups excluding carboxylic acids is 3. The molecule has 1 aromatic rings. The molecule has 1 atom stereocenters. The molecule has 0 radical (unpaired) electrons. The zero-order valence-corrected chi connectivity index (χ0v) is 12.5. The largest absolute Gasteiger partial charge is 0.459 e. The van der Waals surface area contributed by atoms with Crippen LogP contribution in [0.3, 0.4) is 0 Å². The van der Waals surface area contributed by atoms with Crippen LogP contribution in [-0.2, 0) is 14.3 Å². The molecule has 0 heterocycles. The minimum Gasteiger partial charge on any atom is -0.459 e. The lowest BCUT2D eigenvalue weighted by Gasteiger charge is -2.22. The fourth-order valence-corrected chi connectivity index (χ4v) is 1.69. The number of benzene rings is 1. The Bertz CT molecular complexity index is 603. The monoisotopic (exact) mass is 287 g/mol. The summed E-state index contributed by atoms with van der Waals surface area (Å²) in [5.74, 6) is -3.53. The third kappa shape index (κ3) is 4.53. The molecule has 0 spiro atoms. The first kappa shape index (κ1) is 16.6. The Hall–Kier alpha value is -2.48. The van der Waals surface area contributed by atoms with Crippen LogP contribution in [0.2, 0.25) is 0 Å². The molecule has 0 aliphatic rings. The molecule has 0 saturated heterocycles. The summed E-state index contributed by atoms with van der Waals surface area (Å²) < 4.78 is 5.12. The second kappa shape index (κ2) is 6.31. The molecule has 0 aliphatic carbocycles. The van der Waals surface area contributed by atoms with E-state index >= 15 is 0 Å². The highest BCUT2D eigenvalue weighted by Gasteiger charge is 2.35. The van der Waals surface area contributed by atoms with Gasteiger partial charge in [0.15, 0.2) is 17.5 Å². The smallest absolute Gasteiger partial charge is 0.325 e. The van der Waals surface area contributed by atoms with Crippen LogP contribution in [0, 0.1) is 17.2 Å². The van der Waals surface area contributed by atoms with E-state index in [9.17, 15) is 14.4 Å². The van der Waals surface area contributed by atoms with E-state index in [0.29, 0.717) is 5.56 Å². The highest BCUT2D eigenvalue weighted by Crippen LogP contribution is 2.17. The number of nitrogens with zero attached hydrogens (tertiary/aromatic N) is 1. The van der Waals surface area contributed by atoms with Gasteiger partial charge in [0.1, 0.15) is 5.60 Å². The molecular formula is C16H17NO4. The number of carbonyl (C=O) groups is 3. The van der Waals surface area contributed by atoms with E-state index in [1.165, 1.54) is 31.2 Å². The molecule has 1 rings (SSSR count). The third-order valence-corrected chi connectivity index (χ3v) is 2.61. The van der Waals surface area contributed by atoms with Crippen LogP contribution in [0.25, 0.3) is 0 Å². The first-order valence-corrected chi connectivity index (χ1v) is 6.43. The predicted octanol–water partition coefficient (Wildman–Crippen LogP) is 2.29. The van der Waals surface area contributed by atoms with Crippen molar-refractivity contribution in [3.63, 3.8) is 0 Å². The fraction of sp³-hybridized carbons (Fsp3) is 0.375. The van der Waals surface area contributed by atoms with Crippen molar-refractivity contribution in [1.82, 2.24) is 0 Å². The summed E-state index contributed by atoms with van der Waals surface area (Å²) >= 11 is 0. The van der Waals surface area contributed by atoms with Crippen LogP contribution >= 0.6 is 0 Å². The third-order valence-electron chi connectivity index (χ3n) is 2.61. The second-order valence-electron chi connectivity index (χ2n) is 5.63. The highest BCUT2D eigenvalue weighted by atomic mass is 16.6. The van der Waals surface area contributed by atoms with Gasteiger partial charge in [-0.25, -0.2) is 0 Å². The number of Topliss-reactive ketones (excluding diaryl/α,β-unsaturated/α-hetero) is 2. The van der Waals surface area contributed by atoms with E-state index in [1.807, 2.05) is 6.07 Å². The number of esters is 1. The summed E-state index contributed by atoms with van der Waals surface area (Å²) in [6.45, 7) is 6.16. The van der Waals surface area contributed by atoms with Crippen molar-refractivity contribution >= 4 is 17.5 Å². The van der Waals surface area contributed by atoms with Crippen molar-refractivity contribution in [3.05, 3.63) is 35.4 Å². The Morgan fingerprint density at radius 3 is 2.05 bits per heavy atom. The Kier molecular flexibility index (Phi) is 4.98. The number of ether oxygens (including phenoxy) is 1. The maximum absolute atomic E-state index is 12.3. The van der Waals surface area contributed by atoms with Crippen LogP contribution in [0.5, 0.6) is 0 Å². The standard InChI is InChI=1S/C16H17NO4/c1-10(18)13(15(20)21-16(2,3)4)14(19)12-7-5-11(9-17)6-8-12/h5-8,13H,1-4H3. The molecule has 5 heteroatoms. The van der Waals surface area contributed by atoms with Crippen LogP contribution in [0.1, 0.15) is 43.6 Å². The van der Waals surface area contributed by atoms with E-state index in [1.54, 1.807) is 20.8 Å². The minimum absolute atomic E-state index is 0.194. The quantitative estimate of drug-likeness (QED) is 0.482. The molecule has 0 aromatic heterocycles. The minimum atomic E-state index is -1.47. The number of hydrogen-bond donors (Lipinski definition) is 0. The summed E-state index contributed by atoms with van der Waals surface area (Å²) in [6.07, 6.45) is 0. The Morgan fingerprint density at radius 1 is 1.14 bits per heavy atom. The average Bonchev–Trinajstić information content (AvgIpc) is 2.36. The van der Waals surface area contributed by atoms with E-state index in [2.05, 4.69) is 0 Å². The van der Waals surface area contributed by atoms with Crippen molar-refractivity contribution in [2.24, 2.45) is 5.92 Å². The molecule has 1 aromatic carbocycles. The average molecular weight is 287 g/mol. The van der Waals surface area contributed by atoms with Gasteiger partial charge in [-0.1, -0.05) is 12.1 Å². The zero-order chi connectivity index (χ0) is 16.2. The van der Waals surface area contributed by atoms with E-state index in [-0.39, 0.29) is 5.56 Å². The van der Waals surface area contributed by atoms with Crippen LogP contribution < -0.4 is 0 Å². The van der Waals surface area contributed by atoms with E-state index in [0.717, 1.165) is 0 Å². The molecule has 0 fully saturated rings. The Balaban J connectivity index is 3.05. The summed E-state index contributed by atoms with van der Waals surface area (Å²) in [5, 5.41) is 8.72. The van der Waals surface area contributed by atoms with Gasteiger partial charge in [-0.15, -0.1) is 0 Å². The maximum atomic E-state index is 12.3. The lowest BCUT2D eigenvalue weighted by Crippen LogP contribution is -2.36. The van der Waals surface area contributed by atoms with E-state index in [4.69, 9.17) is 10.00 Å². The van der Waals surface area contributed by atoms with Gasteiger partial charge in [-0.3, -0.25) is 14.4 Å². The van der Waals surface area contributed by atoms with Crippen LogP contribution in [0.4, 0.5) is 0 Å². The summed E-state index contributed by atoms with van der Waals surface area (Å²) in [6, 6.07) is 7.68. The SMILES string of the molecule is CC(=O)C(C(=O)OC(C)(C)C)C(=O)c1ccc(C#N)cc1. The normalized spacial score (nSPS) is 12.1. The van der Waals surface area contributed by atoms with Crippen molar-refractivity contribution in [2.45, 2.75) is 33.3 Å². The van der Waals surface area contributed by atoms with Gasteiger partial charge in [0.25, 0.3) is 0 Å². The lowest BCUT2D eigenvalue weighted by molar-refractivity contribution is -0.159. The van der Waals surface area contributed by atoms with Gasteiger partial charge in [0.2, 0.25) is 0 Å². The first-order valence-electron chi connectivity index (χ1n) is 6.43. The van der Waals surface area contributed by atoms with Crippen LogP contribution in [-0.4, -0.2) is 23.1 Å². The van der Waals surface area contributed by atoms with Gasteiger partial charge in [0, 0.05) is 5.56 Å². The number of rotatable bonds is 4. The van der Waals surface area contributed by atoms with Crippen molar-refractivity contribution in [3.8, 4) is 6.07 Å².